The van der Waals surface area contributed by atoms with E-state index in [2.05, 4.69) is 39.0 Å². The van der Waals surface area contributed by atoms with E-state index in [4.69, 9.17) is 9.72 Å². The molecule has 0 radical (unpaired) electrons. The molecular weight excluding hydrogens is 630 g/mol. The van der Waals surface area contributed by atoms with Gasteiger partial charge in [0.25, 0.3) is 0 Å². The molecule has 6 rings (SSSR count). The molecule has 2 aliphatic heterocycles. The standard InChI is InChI=1S/C39H47N7O4/c1-6-9-25(4)37(47)45-20-8-11-33(45)36-41-29-19-16-27(22-30(29)42-36)13-12-26-14-17-28(18-15-26)31-23-40-35(43-31)32-10-7-21-46(32)38(48)34(24(2)3)44-39(49)50-5/h14-19,22-25,32-34H,6-11,20-21H2,1-5H3,(H,40,43)(H,41,42)(H,44,49)/t25-,32-,33-,34-/m0/s1. The van der Waals surface area contributed by atoms with Gasteiger partial charge in [-0.25, -0.2) is 14.8 Å². The van der Waals surface area contributed by atoms with Crippen molar-refractivity contribution in [3.8, 4) is 23.1 Å². The Kier molecular flexibility index (Phi) is 10.6. The number of fused-ring (bicyclic) bond motifs is 1. The summed E-state index contributed by atoms with van der Waals surface area (Å²) in [6, 6.07) is 13.1. The predicted octanol–water partition coefficient (Wildman–Crippen LogP) is 6.50. The minimum absolute atomic E-state index is 0.0136. The van der Waals surface area contributed by atoms with E-state index in [1.165, 1.54) is 7.11 Å². The second kappa shape index (κ2) is 15.2. The van der Waals surface area contributed by atoms with Gasteiger partial charge in [0.2, 0.25) is 11.8 Å². The van der Waals surface area contributed by atoms with E-state index in [1.807, 2.05) is 73.0 Å². The Morgan fingerprint density at radius 1 is 0.920 bits per heavy atom. The number of H-pyrrole nitrogens is 2. The Balaban J connectivity index is 1.12. The van der Waals surface area contributed by atoms with E-state index < -0.39 is 12.1 Å². The van der Waals surface area contributed by atoms with Crippen LogP contribution in [0.2, 0.25) is 0 Å². The molecule has 4 aromatic rings. The van der Waals surface area contributed by atoms with Crippen LogP contribution >= 0.6 is 0 Å². The third-order valence-electron chi connectivity index (χ3n) is 9.88. The Morgan fingerprint density at radius 3 is 2.26 bits per heavy atom. The topological polar surface area (TPSA) is 136 Å². The molecule has 3 amide bonds. The number of amides is 3. The highest BCUT2D eigenvalue weighted by Gasteiger charge is 2.38. The summed E-state index contributed by atoms with van der Waals surface area (Å²) in [4.78, 5) is 58.7. The molecule has 4 heterocycles. The first-order valence-electron chi connectivity index (χ1n) is 17.8. The number of rotatable bonds is 9. The summed E-state index contributed by atoms with van der Waals surface area (Å²) in [5.74, 6) is 8.15. The first kappa shape index (κ1) is 34.7. The molecule has 0 bridgehead atoms. The third kappa shape index (κ3) is 7.39. The molecule has 11 nitrogen and oxygen atoms in total. The highest BCUT2D eigenvalue weighted by molar-refractivity contribution is 5.86. The fraction of sp³-hybridized carbons (Fsp3) is 0.462. The number of carbonyl (C=O) groups is 3. The molecule has 2 fully saturated rings. The molecule has 0 spiro atoms. The summed E-state index contributed by atoms with van der Waals surface area (Å²) < 4.78 is 4.74. The molecule has 0 unspecified atom stereocenters. The second-order valence-corrected chi connectivity index (χ2v) is 13.8. The van der Waals surface area contributed by atoms with Crippen molar-refractivity contribution in [2.24, 2.45) is 11.8 Å². The number of hydrogen-bond acceptors (Lipinski definition) is 6. The van der Waals surface area contributed by atoms with Crippen LogP contribution in [-0.2, 0) is 14.3 Å². The second-order valence-electron chi connectivity index (χ2n) is 13.8. The van der Waals surface area contributed by atoms with Gasteiger partial charge >= 0.3 is 6.09 Å². The van der Waals surface area contributed by atoms with Gasteiger partial charge in [-0.05, 0) is 73.9 Å². The number of methoxy groups -OCH3 is 1. The van der Waals surface area contributed by atoms with Crippen molar-refractivity contribution in [3.63, 3.8) is 0 Å². The average molecular weight is 678 g/mol. The average Bonchev–Trinajstić information content (AvgIpc) is 3.95. The summed E-state index contributed by atoms with van der Waals surface area (Å²) >= 11 is 0. The largest absolute Gasteiger partial charge is 0.453 e. The van der Waals surface area contributed by atoms with Crippen LogP contribution in [-0.4, -0.2) is 73.9 Å². The van der Waals surface area contributed by atoms with Crippen molar-refractivity contribution >= 4 is 28.9 Å². The highest BCUT2D eigenvalue weighted by atomic mass is 16.5. The molecule has 50 heavy (non-hydrogen) atoms. The molecule has 2 saturated heterocycles. The van der Waals surface area contributed by atoms with Gasteiger partial charge in [-0.2, -0.15) is 0 Å². The Labute approximate surface area is 293 Å². The summed E-state index contributed by atoms with van der Waals surface area (Å²) in [6.45, 7) is 9.33. The van der Waals surface area contributed by atoms with Crippen molar-refractivity contribution in [1.82, 2.24) is 35.1 Å². The number of aromatic amines is 2. The molecule has 2 aromatic carbocycles. The number of imidazole rings is 2. The van der Waals surface area contributed by atoms with E-state index in [0.29, 0.717) is 6.54 Å². The van der Waals surface area contributed by atoms with Crippen LogP contribution in [0.5, 0.6) is 0 Å². The predicted molar refractivity (Wildman–Crippen MR) is 192 cm³/mol. The number of hydrogen-bond donors (Lipinski definition) is 3. The number of nitrogens with one attached hydrogen (secondary N) is 3. The molecule has 262 valence electrons. The minimum atomic E-state index is -0.677. The zero-order valence-electron chi connectivity index (χ0n) is 29.6. The molecule has 11 heteroatoms. The number of likely N-dealkylation sites (tertiary alicyclic amines) is 2. The van der Waals surface area contributed by atoms with Crippen molar-refractivity contribution in [1.29, 1.82) is 0 Å². The summed E-state index contributed by atoms with van der Waals surface area (Å²) in [5.41, 5.74) is 5.37. The van der Waals surface area contributed by atoms with Crippen molar-refractivity contribution < 1.29 is 19.1 Å². The van der Waals surface area contributed by atoms with Crippen molar-refractivity contribution in [2.75, 3.05) is 20.2 Å². The maximum Gasteiger partial charge on any atom is 0.407 e. The van der Waals surface area contributed by atoms with Crippen LogP contribution < -0.4 is 5.32 Å². The molecule has 3 N–H and O–H groups in total. The zero-order chi connectivity index (χ0) is 35.4. The Hall–Kier alpha value is -5.11. The fourth-order valence-electron chi connectivity index (χ4n) is 7.14. The van der Waals surface area contributed by atoms with E-state index in [9.17, 15) is 14.4 Å². The Morgan fingerprint density at radius 2 is 1.58 bits per heavy atom. The third-order valence-corrected chi connectivity index (χ3v) is 9.88. The van der Waals surface area contributed by atoms with Crippen LogP contribution in [0.25, 0.3) is 22.3 Å². The van der Waals surface area contributed by atoms with Gasteiger partial charge in [0, 0.05) is 30.1 Å². The van der Waals surface area contributed by atoms with Crippen LogP contribution in [0.15, 0.2) is 48.7 Å². The normalized spacial score (nSPS) is 18.6. The van der Waals surface area contributed by atoms with Crippen LogP contribution in [0.4, 0.5) is 4.79 Å². The number of ether oxygens (including phenoxy) is 1. The quantitative estimate of drug-likeness (QED) is 0.173. The van der Waals surface area contributed by atoms with Gasteiger partial charge in [-0.1, -0.05) is 58.1 Å². The number of carbonyl (C=O) groups excluding carboxylic acids is 3. The van der Waals surface area contributed by atoms with Gasteiger partial charge in [0.05, 0.1) is 42.1 Å². The lowest BCUT2D eigenvalue weighted by atomic mass is 10.0. The number of aromatic nitrogens is 4. The lowest BCUT2D eigenvalue weighted by Crippen LogP contribution is -2.51. The lowest BCUT2D eigenvalue weighted by molar-refractivity contribution is -0.136. The van der Waals surface area contributed by atoms with Crippen LogP contribution in [0.1, 0.15) is 101 Å². The monoisotopic (exact) mass is 677 g/mol. The van der Waals surface area contributed by atoms with Gasteiger partial charge in [-0.15, -0.1) is 0 Å². The van der Waals surface area contributed by atoms with Crippen molar-refractivity contribution in [2.45, 2.75) is 84.3 Å². The molecule has 0 aliphatic carbocycles. The van der Waals surface area contributed by atoms with Gasteiger partial charge < -0.3 is 29.8 Å². The summed E-state index contributed by atoms with van der Waals surface area (Å²) in [6.07, 6.45) is 6.63. The summed E-state index contributed by atoms with van der Waals surface area (Å²) in [7, 11) is 1.29. The van der Waals surface area contributed by atoms with Crippen molar-refractivity contribution in [3.05, 3.63) is 71.4 Å². The SMILES string of the molecule is CCC[C@H](C)C(=O)N1CCC[C@H]1c1nc2ccc(C#Cc3ccc(-c4cnc([C@@H]5CCCN5C(=O)[C@@H](NC(=O)OC)C(C)C)[nH]4)cc3)cc2[nH]1. The van der Waals surface area contributed by atoms with Crippen LogP contribution in [0.3, 0.4) is 0 Å². The van der Waals surface area contributed by atoms with Gasteiger partial charge in [-0.3, -0.25) is 9.59 Å². The molecular formula is C39H47N7O4. The number of benzene rings is 2. The van der Waals surface area contributed by atoms with Crippen LogP contribution in [0, 0.1) is 23.7 Å². The van der Waals surface area contributed by atoms with Gasteiger partial charge in [0.15, 0.2) is 0 Å². The maximum atomic E-state index is 13.5. The molecule has 2 aliphatic rings. The van der Waals surface area contributed by atoms with E-state index in [1.54, 1.807) is 6.20 Å². The minimum Gasteiger partial charge on any atom is -0.453 e. The Bertz CT molecular complexity index is 1900. The smallest absolute Gasteiger partial charge is 0.407 e. The molecule has 0 saturated carbocycles. The highest BCUT2D eigenvalue weighted by Crippen LogP contribution is 2.34. The maximum absolute atomic E-state index is 13.5. The fourth-order valence-corrected chi connectivity index (χ4v) is 7.14. The molecule has 2 aromatic heterocycles. The first-order chi connectivity index (χ1) is 24.2. The van der Waals surface area contributed by atoms with E-state index in [0.717, 1.165) is 90.1 Å². The van der Waals surface area contributed by atoms with E-state index >= 15 is 0 Å². The summed E-state index contributed by atoms with van der Waals surface area (Å²) in [5, 5.41) is 2.69. The number of nitrogens with zero attached hydrogens (tertiary/aromatic N) is 4. The van der Waals surface area contributed by atoms with Gasteiger partial charge in [0.1, 0.15) is 17.7 Å². The molecule has 4 atom stereocenters. The zero-order valence-corrected chi connectivity index (χ0v) is 29.6. The van der Waals surface area contributed by atoms with E-state index in [-0.39, 0.29) is 35.7 Å². The lowest BCUT2D eigenvalue weighted by Gasteiger charge is -2.30. The first-order valence-corrected chi connectivity index (χ1v) is 17.8. The number of alkyl carbamates (subject to hydrolysis) is 1.